The minimum atomic E-state index is -0.430. The number of hydrogen-bond acceptors (Lipinski definition) is 7. The Balaban J connectivity index is 1.55. The van der Waals surface area contributed by atoms with Crippen molar-refractivity contribution < 1.29 is 19.0 Å². The van der Waals surface area contributed by atoms with Gasteiger partial charge in [0.1, 0.15) is 16.9 Å². The van der Waals surface area contributed by atoms with Gasteiger partial charge in [-0.15, -0.1) is 0 Å². The molecule has 0 amide bonds. The molecule has 2 bridgehead atoms. The van der Waals surface area contributed by atoms with Gasteiger partial charge < -0.3 is 23.3 Å². The lowest BCUT2D eigenvalue weighted by atomic mass is 10.1. The van der Waals surface area contributed by atoms with Crippen LogP contribution >= 0.6 is 0 Å². The van der Waals surface area contributed by atoms with Crippen molar-refractivity contribution in [2.75, 3.05) is 20.8 Å². The summed E-state index contributed by atoms with van der Waals surface area (Å²) in [4.78, 5) is 26.9. The number of fused-ring (bicyclic) bond motifs is 4. The van der Waals surface area contributed by atoms with Gasteiger partial charge in [0.25, 0.3) is 0 Å². The summed E-state index contributed by atoms with van der Waals surface area (Å²) in [6.07, 6.45) is 7.16. The molecule has 0 aliphatic carbocycles. The third-order valence-electron chi connectivity index (χ3n) is 7.36. The summed E-state index contributed by atoms with van der Waals surface area (Å²) in [5, 5.41) is 1.03. The van der Waals surface area contributed by atoms with Crippen LogP contribution < -0.4 is 9.47 Å². The van der Waals surface area contributed by atoms with Crippen LogP contribution in [0.1, 0.15) is 42.5 Å². The molecule has 9 nitrogen and oxygen atoms in total. The molecule has 1 aromatic carbocycles. The molecule has 5 heterocycles. The van der Waals surface area contributed by atoms with Gasteiger partial charge in [-0.2, -0.15) is 0 Å². The van der Waals surface area contributed by atoms with Gasteiger partial charge in [-0.1, -0.05) is 19.3 Å². The van der Waals surface area contributed by atoms with Crippen molar-refractivity contribution in [2.45, 2.75) is 38.6 Å². The molecule has 0 fully saturated rings. The molecule has 9 heteroatoms. The van der Waals surface area contributed by atoms with Crippen LogP contribution in [0.4, 0.5) is 0 Å². The molecular weight excluding hydrogens is 494 g/mol. The van der Waals surface area contributed by atoms with Gasteiger partial charge in [0.15, 0.2) is 5.82 Å². The van der Waals surface area contributed by atoms with Gasteiger partial charge in [-0.25, -0.2) is 19.7 Å². The molecule has 5 aromatic rings. The van der Waals surface area contributed by atoms with Crippen molar-refractivity contribution in [3.63, 3.8) is 0 Å². The van der Waals surface area contributed by atoms with Crippen LogP contribution in [0.25, 0.3) is 44.8 Å². The van der Waals surface area contributed by atoms with Crippen molar-refractivity contribution in [3.8, 4) is 34.4 Å². The number of methoxy groups -OCH3 is 2. The molecule has 0 atom stereocenters. The van der Waals surface area contributed by atoms with Gasteiger partial charge in [-0.3, -0.25) is 0 Å². The number of ether oxygens (including phenoxy) is 3. The molecule has 0 saturated heterocycles. The second-order valence-electron chi connectivity index (χ2n) is 9.80. The van der Waals surface area contributed by atoms with E-state index in [1.54, 1.807) is 25.4 Å². The standard InChI is InChI=1S/C30H31N5O4/c1-34-26-23(16-20(30(36)38-3)18-25(26)37-2)33-28(34)24-17-19-11-12-22-21-10-9-13-31-29(21)39-15-8-6-4-5-7-14-35(24)27(19)32-22/h9-13,16-18H,4-8,14-15H2,1-3H3. The van der Waals surface area contributed by atoms with Crippen LogP contribution in [-0.4, -0.2) is 50.9 Å². The molecule has 1 aliphatic heterocycles. The lowest BCUT2D eigenvalue weighted by Crippen LogP contribution is -2.06. The first-order chi connectivity index (χ1) is 19.1. The van der Waals surface area contributed by atoms with Gasteiger partial charge >= 0.3 is 5.97 Å². The van der Waals surface area contributed by atoms with Crippen molar-refractivity contribution in [1.82, 2.24) is 24.1 Å². The Labute approximate surface area is 226 Å². The third-order valence-corrected chi connectivity index (χ3v) is 7.36. The number of carbonyl (C=O) groups excluding carboxylic acids is 1. The Morgan fingerprint density at radius 2 is 1.85 bits per heavy atom. The van der Waals surface area contributed by atoms with Gasteiger partial charge in [0, 0.05) is 25.2 Å². The zero-order valence-corrected chi connectivity index (χ0v) is 22.4. The highest BCUT2D eigenvalue weighted by Crippen LogP contribution is 2.36. The molecule has 1 aliphatic rings. The Kier molecular flexibility index (Phi) is 6.64. The number of rotatable bonds is 3. The average molecular weight is 526 g/mol. The second kappa shape index (κ2) is 10.4. The zero-order chi connectivity index (χ0) is 26.9. The summed E-state index contributed by atoms with van der Waals surface area (Å²) in [5.74, 6) is 1.52. The van der Waals surface area contributed by atoms with E-state index in [0.29, 0.717) is 29.3 Å². The van der Waals surface area contributed by atoms with E-state index in [9.17, 15) is 4.79 Å². The molecule has 0 N–H and O–H groups in total. The smallest absolute Gasteiger partial charge is 0.338 e. The quantitative estimate of drug-likeness (QED) is 0.275. The molecule has 6 rings (SSSR count). The molecular formula is C30H31N5O4. The monoisotopic (exact) mass is 525 g/mol. The number of benzene rings is 1. The van der Waals surface area contributed by atoms with Crippen LogP contribution in [0.2, 0.25) is 0 Å². The summed E-state index contributed by atoms with van der Waals surface area (Å²) in [5.41, 5.74) is 5.43. The number of imidazole rings is 1. The largest absolute Gasteiger partial charge is 0.494 e. The van der Waals surface area contributed by atoms with E-state index >= 15 is 0 Å². The zero-order valence-electron chi connectivity index (χ0n) is 22.4. The van der Waals surface area contributed by atoms with E-state index < -0.39 is 5.97 Å². The maximum atomic E-state index is 12.3. The Bertz CT molecular complexity index is 1690. The molecule has 0 spiro atoms. The van der Waals surface area contributed by atoms with Crippen LogP contribution in [-0.2, 0) is 18.3 Å². The first-order valence-electron chi connectivity index (χ1n) is 13.3. The average Bonchev–Trinajstić information content (AvgIpc) is 3.49. The molecule has 0 saturated carbocycles. The van der Waals surface area contributed by atoms with E-state index in [0.717, 1.165) is 78.0 Å². The fourth-order valence-electron chi connectivity index (χ4n) is 5.39. The molecule has 0 unspecified atom stereocenters. The number of esters is 1. The Morgan fingerprint density at radius 3 is 2.69 bits per heavy atom. The Hall–Kier alpha value is -4.40. The van der Waals surface area contributed by atoms with Gasteiger partial charge in [0.05, 0.1) is 48.9 Å². The summed E-state index contributed by atoms with van der Waals surface area (Å²) >= 11 is 0. The summed E-state index contributed by atoms with van der Waals surface area (Å²) in [7, 11) is 4.93. The van der Waals surface area contributed by atoms with Crippen molar-refractivity contribution in [3.05, 3.63) is 54.2 Å². The predicted molar refractivity (Wildman–Crippen MR) is 149 cm³/mol. The highest BCUT2D eigenvalue weighted by Gasteiger charge is 2.22. The molecule has 200 valence electrons. The SMILES string of the molecule is COC(=O)c1cc(OC)c2c(c1)nc(-c1cc3ccc4nc3n1CCCCCCCOc1ncccc1-4)n2C. The highest BCUT2D eigenvalue weighted by atomic mass is 16.5. The normalized spacial score (nSPS) is 14.1. The van der Waals surface area contributed by atoms with Crippen LogP contribution in [0, 0.1) is 0 Å². The number of pyridine rings is 2. The molecule has 39 heavy (non-hydrogen) atoms. The lowest BCUT2D eigenvalue weighted by molar-refractivity contribution is 0.0600. The van der Waals surface area contributed by atoms with Gasteiger partial charge in [-0.05, 0) is 55.3 Å². The van der Waals surface area contributed by atoms with Crippen LogP contribution in [0.3, 0.4) is 0 Å². The number of aromatic nitrogens is 5. The first kappa shape index (κ1) is 24.9. The Morgan fingerprint density at radius 1 is 1.00 bits per heavy atom. The van der Waals surface area contributed by atoms with Crippen molar-refractivity contribution in [1.29, 1.82) is 0 Å². The fraction of sp³-hybridized carbons (Fsp3) is 0.333. The predicted octanol–water partition coefficient (Wildman–Crippen LogP) is 5.79. The van der Waals surface area contributed by atoms with E-state index in [1.807, 2.05) is 29.8 Å². The van der Waals surface area contributed by atoms with E-state index in [2.05, 4.69) is 21.7 Å². The van der Waals surface area contributed by atoms with Gasteiger partial charge in [0.2, 0.25) is 5.88 Å². The lowest BCUT2D eigenvalue weighted by Gasteiger charge is -2.13. The van der Waals surface area contributed by atoms with E-state index in [-0.39, 0.29) is 0 Å². The van der Waals surface area contributed by atoms with Crippen LogP contribution in [0.15, 0.2) is 48.7 Å². The number of aryl methyl sites for hydroxylation is 2. The summed E-state index contributed by atoms with van der Waals surface area (Å²) in [6.45, 7) is 1.47. The second-order valence-corrected chi connectivity index (χ2v) is 9.80. The summed E-state index contributed by atoms with van der Waals surface area (Å²) < 4.78 is 20.9. The third kappa shape index (κ3) is 4.47. The maximum absolute atomic E-state index is 12.3. The number of carbonyl (C=O) groups is 1. The fourth-order valence-corrected chi connectivity index (χ4v) is 5.39. The number of nitrogens with zero attached hydrogens (tertiary/aromatic N) is 5. The van der Waals surface area contributed by atoms with Crippen molar-refractivity contribution in [2.24, 2.45) is 7.05 Å². The molecule has 0 radical (unpaired) electrons. The van der Waals surface area contributed by atoms with Crippen molar-refractivity contribution >= 4 is 28.0 Å². The van der Waals surface area contributed by atoms with E-state index in [1.165, 1.54) is 7.11 Å². The maximum Gasteiger partial charge on any atom is 0.338 e. The molecule has 4 aromatic heterocycles. The summed E-state index contributed by atoms with van der Waals surface area (Å²) in [6, 6.07) is 13.6. The minimum Gasteiger partial charge on any atom is -0.494 e. The number of hydrogen-bond donors (Lipinski definition) is 0. The van der Waals surface area contributed by atoms with Crippen LogP contribution in [0.5, 0.6) is 11.6 Å². The van der Waals surface area contributed by atoms with E-state index in [4.69, 9.17) is 24.2 Å². The topological polar surface area (TPSA) is 93.3 Å². The highest BCUT2D eigenvalue weighted by molar-refractivity contribution is 5.97. The first-order valence-corrected chi connectivity index (χ1v) is 13.3. The minimum absolute atomic E-state index is 0.397.